The van der Waals surface area contributed by atoms with Crippen molar-refractivity contribution in [2.24, 2.45) is 5.92 Å². The highest BCUT2D eigenvalue weighted by molar-refractivity contribution is 5.89. The van der Waals surface area contributed by atoms with Crippen molar-refractivity contribution in [2.45, 2.75) is 32.4 Å². The molecule has 2 aromatic rings. The summed E-state index contributed by atoms with van der Waals surface area (Å²) in [7, 11) is 1.55. The number of nitrogens with one attached hydrogen (secondary N) is 1. The minimum atomic E-state index is -1.06. The van der Waals surface area contributed by atoms with E-state index in [9.17, 15) is 19.5 Å². The second kappa shape index (κ2) is 10.8. The molecular weight excluding hydrogens is 374 g/mol. The van der Waals surface area contributed by atoms with Crippen LogP contribution in [-0.4, -0.2) is 36.1 Å². The number of benzene rings is 2. The van der Waals surface area contributed by atoms with Gasteiger partial charge in [0.15, 0.2) is 5.78 Å². The van der Waals surface area contributed by atoms with Gasteiger partial charge in [0.1, 0.15) is 12.4 Å². The highest BCUT2D eigenvalue weighted by atomic mass is 16.5. The number of methoxy groups -OCH3 is 1. The molecule has 0 aliphatic carbocycles. The molecule has 2 N–H and O–H groups in total. The molecule has 0 fully saturated rings. The van der Waals surface area contributed by atoms with Gasteiger partial charge in [-0.2, -0.15) is 0 Å². The lowest BCUT2D eigenvalue weighted by Crippen LogP contribution is -2.40. The number of carboxylic acids is 1. The number of carbonyl (C=O) groups excluding carboxylic acids is 2. The number of rotatable bonds is 10. The van der Waals surface area contributed by atoms with E-state index in [4.69, 9.17) is 9.47 Å². The van der Waals surface area contributed by atoms with E-state index < -0.39 is 24.0 Å². The Balaban J connectivity index is 1.85. The molecule has 0 saturated carbocycles. The lowest BCUT2D eigenvalue weighted by atomic mass is 9.92. The average molecular weight is 399 g/mol. The zero-order chi connectivity index (χ0) is 21.2. The molecule has 7 nitrogen and oxygen atoms in total. The molecule has 0 spiro atoms. The smallest absolute Gasteiger partial charge is 0.408 e. The van der Waals surface area contributed by atoms with Crippen LogP contribution in [0.2, 0.25) is 0 Å². The van der Waals surface area contributed by atoms with E-state index in [-0.39, 0.29) is 25.2 Å². The summed E-state index contributed by atoms with van der Waals surface area (Å²) in [6, 6.07) is 15.3. The molecule has 29 heavy (non-hydrogen) atoms. The molecule has 2 aromatic carbocycles. The number of hydrogen-bond acceptors (Lipinski definition) is 5. The molecule has 0 saturated heterocycles. The van der Waals surface area contributed by atoms with E-state index in [1.807, 2.05) is 30.3 Å². The molecule has 2 rings (SSSR count). The van der Waals surface area contributed by atoms with Crippen LogP contribution in [0.25, 0.3) is 0 Å². The Morgan fingerprint density at radius 3 is 2.24 bits per heavy atom. The molecule has 2 atom stereocenters. The van der Waals surface area contributed by atoms with E-state index in [2.05, 4.69) is 5.32 Å². The summed E-state index contributed by atoms with van der Waals surface area (Å²) in [5, 5.41) is 11.9. The average Bonchev–Trinajstić information content (AvgIpc) is 2.72. The Bertz CT molecular complexity index is 819. The molecule has 0 bridgehead atoms. The molecule has 154 valence electrons. The van der Waals surface area contributed by atoms with Gasteiger partial charge in [-0.25, -0.2) is 4.79 Å². The van der Waals surface area contributed by atoms with Crippen molar-refractivity contribution in [1.82, 2.24) is 5.32 Å². The minimum Gasteiger partial charge on any atom is -0.497 e. The number of ether oxygens (including phenoxy) is 2. The Morgan fingerprint density at radius 2 is 1.66 bits per heavy atom. The SMILES string of the molecule is COc1ccc(C[C@H](CC(=O)C(C)NC(=O)OCc2ccccc2)C(=O)O)cc1. The first-order chi connectivity index (χ1) is 13.9. The first-order valence-corrected chi connectivity index (χ1v) is 9.24. The first kappa shape index (κ1) is 21.9. The summed E-state index contributed by atoms with van der Waals surface area (Å²) in [4.78, 5) is 35.9. The molecule has 0 heterocycles. The summed E-state index contributed by atoms with van der Waals surface area (Å²) in [6.07, 6.45) is -0.714. The van der Waals surface area contributed by atoms with E-state index in [1.54, 1.807) is 31.4 Å². The van der Waals surface area contributed by atoms with Crippen molar-refractivity contribution in [2.75, 3.05) is 7.11 Å². The predicted molar refractivity (Wildman–Crippen MR) is 107 cm³/mol. The molecule has 0 aliphatic heterocycles. The summed E-state index contributed by atoms with van der Waals surface area (Å²) in [5.41, 5.74) is 1.61. The monoisotopic (exact) mass is 399 g/mol. The summed E-state index contributed by atoms with van der Waals surface area (Å²) >= 11 is 0. The van der Waals surface area contributed by atoms with Crippen LogP contribution in [0.3, 0.4) is 0 Å². The van der Waals surface area contributed by atoms with Crippen LogP contribution in [0.4, 0.5) is 4.79 Å². The van der Waals surface area contributed by atoms with E-state index in [0.29, 0.717) is 5.75 Å². The number of carboxylic acid groups (broad SMARTS) is 1. The number of amides is 1. The van der Waals surface area contributed by atoms with Crippen LogP contribution in [0, 0.1) is 5.92 Å². The van der Waals surface area contributed by atoms with E-state index >= 15 is 0 Å². The van der Waals surface area contributed by atoms with Gasteiger partial charge in [0.2, 0.25) is 0 Å². The van der Waals surface area contributed by atoms with Crippen molar-refractivity contribution in [3.8, 4) is 5.75 Å². The van der Waals surface area contributed by atoms with Gasteiger partial charge in [0.25, 0.3) is 0 Å². The summed E-state index contributed by atoms with van der Waals surface area (Å²) in [6.45, 7) is 1.60. The van der Waals surface area contributed by atoms with E-state index in [0.717, 1.165) is 11.1 Å². The number of aliphatic carboxylic acids is 1. The first-order valence-electron chi connectivity index (χ1n) is 9.24. The third kappa shape index (κ3) is 7.29. The third-order valence-corrected chi connectivity index (χ3v) is 4.47. The summed E-state index contributed by atoms with van der Waals surface area (Å²) in [5.74, 6) is -1.65. The fourth-order valence-electron chi connectivity index (χ4n) is 2.73. The number of Topliss-reactive ketones (excluding diaryl/α,β-unsaturated/α-hetero) is 1. The lowest BCUT2D eigenvalue weighted by Gasteiger charge is -2.17. The van der Waals surface area contributed by atoms with Crippen LogP contribution in [0.5, 0.6) is 5.75 Å². The van der Waals surface area contributed by atoms with Gasteiger partial charge >= 0.3 is 12.1 Å². The van der Waals surface area contributed by atoms with Gasteiger partial charge in [-0.3, -0.25) is 9.59 Å². The highest BCUT2D eigenvalue weighted by Gasteiger charge is 2.25. The van der Waals surface area contributed by atoms with Gasteiger partial charge in [0, 0.05) is 6.42 Å². The fourth-order valence-corrected chi connectivity index (χ4v) is 2.73. The van der Waals surface area contributed by atoms with Crippen molar-refractivity contribution in [3.63, 3.8) is 0 Å². The Kier molecular flexibility index (Phi) is 8.21. The fraction of sp³-hybridized carbons (Fsp3) is 0.318. The minimum absolute atomic E-state index is 0.0861. The largest absolute Gasteiger partial charge is 0.497 e. The van der Waals surface area contributed by atoms with Gasteiger partial charge in [0.05, 0.1) is 19.1 Å². The standard InChI is InChI=1S/C22H25NO6/c1-15(23-22(27)29-14-17-6-4-3-5-7-17)20(24)13-18(21(25)26)12-16-8-10-19(28-2)11-9-16/h3-11,15,18H,12-14H2,1-2H3,(H,23,27)(H,25,26)/t15?,18-/m1/s1. The topological polar surface area (TPSA) is 102 Å². The zero-order valence-electron chi connectivity index (χ0n) is 16.5. The van der Waals surface area contributed by atoms with Gasteiger partial charge in [-0.15, -0.1) is 0 Å². The Labute approximate surface area is 169 Å². The second-order valence-electron chi connectivity index (χ2n) is 6.69. The maximum Gasteiger partial charge on any atom is 0.408 e. The molecule has 0 aromatic heterocycles. The number of alkyl carbamates (subject to hydrolysis) is 1. The molecule has 1 amide bonds. The highest BCUT2D eigenvalue weighted by Crippen LogP contribution is 2.18. The normalized spacial score (nSPS) is 12.5. The van der Waals surface area contributed by atoms with Crippen molar-refractivity contribution in [3.05, 3.63) is 65.7 Å². The zero-order valence-corrected chi connectivity index (χ0v) is 16.5. The summed E-state index contributed by atoms with van der Waals surface area (Å²) < 4.78 is 10.2. The molecule has 7 heteroatoms. The van der Waals surface area contributed by atoms with Gasteiger partial charge in [-0.05, 0) is 36.6 Å². The van der Waals surface area contributed by atoms with Crippen molar-refractivity contribution in [1.29, 1.82) is 0 Å². The van der Waals surface area contributed by atoms with Crippen LogP contribution in [-0.2, 0) is 27.4 Å². The quantitative estimate of drug-likeness (QED) is 0.636. The molecule has 0 radical (unpaired) electrons. The van der Waals surface area contributed by atoms with Crippen LogP contribution >= 0.6 is 0 Å². The number of carbonyl (C=O) groups is 3. The van der Waals surface area contributed by atoms with Crippen LogP contribution in [0.15, 0.2) is 54.6 Å². The maximum absolute atomic E-state index is 12.4. The van der Waals surface area contributed by atoms with E-state index in [1.165, 1.54) is 6.92 Å². The Hall–Kier alpha value is -3.35. The van der Waals surface area contributed by atoms with Crippen molar-refractivity contribution >= 4 is 17.8 Å². The Morgan fingerprint density at radius 1 is 1.00 bits per heavy atom. The molecule has 0 aliphatic rings. The molecule has 1 unspecified atom stereocenters. The number of hydrogen-bond donors (Lipinski definition) is 2. The van der Waals surface area contributed by atoms with Gasteiger partial charge in [-0.1, -0.05) is 42.5 Å². The third-order valence-electron chi connectivity index (χ3n) is 4.47. The van der Waals surface area contributed by atoms with Crippen molar-refractivity contribution < 1.29 is 29.0 Å². The lowest BCUT2D eigenvalue weighted by molar-refractivity contribution is -0.143. The van der Waals surface area contributed by atoms with Crippen LogP contribution < -0.4 is 10.1 Å². The number of ketones is 1. The van der Waals surface area contributed by atoms with Gasteiger partial charge < -0.3 is 19.9 Å². The second-order valence-corrected chi connectivity index (χ2v) is 6.69. The molecular formula is C22H25NO6. The maximum atomic E-state index is 12.4. The van der Waals surface area contributed by atoms with Crippen LogP contribution in [0.1, 0.15) is 24.5 Å². The predicted octanol–water partition coefficient (Wildman–Crippen LogP) is 3.21.